The van der Waals surface area contributed by atoms with Crippen molar-refractivity contribution in [1.82, 2.24) is 0 Å². The summed E-state index contributed by atoms with van der Waals surface area (Å²) in [5, 5.41) is 23.3. The Kier molecular flexibility index (Phi) is 5.79. The van der Waals surface area contributed by atoms with E-state index in [0.29, 0.717) is 6.29 Å². The molecule has 0 atom stereocenters. The van der Waals surface area contributed by atoms with E-state index in [9.17, 15) is 20.0 Å². The van der Waals surface area contributed by atoms with Gasteiger partial charge in [-0.05, 0) is 19.3 Å². The summed E-state index contributed by atoms with van der Waals surface area (Å²) >= 11 is 0. The third kappa shape index (κ3) is 4.50. The first-order chi connectivity index (χ1) is 8.65. The van der Waals surface area contributed by atoms with E-state index >= 15 is 0 Å². The van der Waals surface area contributed by atoms with Gasteiger partial charge >= 0.3 is 0 Å². The molecular weight excluding hydrogens is 236 g/mol. The van der Waals surface area contributed by atoms with Gasteiger partial charge in [-0.15, -0.1) is 0 Å². The van der Waals surface area contributed by atoms with Crippen molar-refractivity contribution in [3.63, 3.8) is 0 Å². The Labute approximate surface area is 105 Å². The van der Waals surface area contributed by atoms with Gasteiger partial charge < -0.3 is 10.4 Å². The van der Waals surface area contributed by atoms with Crippen LogP contribution in [0.2, 0.25) is 0 Å². The van der Waals surface area contributed by atoms with Crippen LogP contribution in [-0.4, -0.2) is 24.3 Å². The fraction of sp³-hybridized carbons (Fsp3) is 0.417. The number of rotatable bonds is 2. The maximum Gasteiger partial charge on any atom is 0.270 e. The summed E-state index contributed by atoms with van der Waals surface area (Å²) in [5.74, 6) is -0.504. The third-order valence-corrected chi connectivity index (χ3v) is 2.65. The standard InChI is InChI=1S/C7H5NO4.C5H11N/c9-4-5-3-6(8(11)12)1-2-7(5)10;1-2-4-6-5-3-1/h1-4,10H;6H,1-5H2. The van der Waals surface area contributed by atoms with Crippen LogP contribution >= 0.6 is 0 Å². The van der Waals surface area contributed by atoms with Crippen molar-refractivity contribution < 1.29 is 20.1 Å². The van der Waals surface area contributed by atoms with Crippen LogP contribution in [0.15, 0.2) is 18.2 Å². The number of benzene rings is 1. The quantitative estimate of drug-likeness (QED) is 0.462. The van der Waals surface area contributed by atoms with Gasteiger partial charge in [0.15, 0.2) is 0 Å². The molecule has 1 fully saturated rings. The molecule has 0 amide bonds. The minimum absolute atomic E-state index is 0.191. The zero-order valence-electron chi connectivity index (χ0n) is 10.0. The molecule has 0 spiro atoms. The second-order valence-corrected chi connectivity index (χ2v) is 4.02. The lowest BCUT2D eigenvalue weighted by Crippen LogP contribution is -2.85. The highest BCUT2D eigenvalue weighted by Gasteiger charge is 2.05. The number of nitrogens with two attached hydrogens (primary N) is 1. The number of aldehydes is 1. The molecule has 6 heteroatoms. The Hall–Kier alpha value is -1.95. The number of non-ortho nitro benzene ring substituents is 1. The molecule has 1 aliphatic rings. The summed E-state index contributed by atoms with van der Waals surface area (Å²) < 4.78 is 0. The van der Waals surface area contributed by atoms with Crippen LogP contribution in [0.25, 0.3) is 0 Å². The molecule has 0 radical (unpaired) electrons. The number of hydrogen-bond donors (Lipinski definition) is 1. The van der Waals surface area contributed by atoms with E-state index in [1.165, 1.54) is 32.4 Å². The second kappa shape index (κ2) is 7.39. The molecule has 0 bridgehead atoms. The Morgan fingerprint density at radius 1 is 1.22 bits per heavy atom. The number of nitro benzene ring substituents is 1. The van der Waals surface area contributed by atoms with Crippen molar-refractivity contribution in [3.8, 4) is 5.75 Å². The van der Waals surface area contributed by atoms with Gasteiger partial charge in [0.2, 0.25) is 0 Å². The molecule has 0 unspecified atom stereocenters. The van der Waals surface area contributed by atoms with E-state index in [1.54, 1.807) is 0 Å². The first kappa shape index (κ1) is 14.1. The average molecular weight is 252 g/mol. The zero-order chi connectivity index (χ0) is 13.4. The smallest absolute Gasteiger partial charge is 0.270 e. The second-order valence-electron chi connectivity index (χ2n) is 4.02. The summed E-state index contributed by atoms with van der Waals surface area (Å²) in [7, 11) is 0. The highest BCUT2D eigenvalue weighted by Crippen LogP contribution is 2.18. The maximum absolute atomic E-state index is 10.8. The highest BCUT2D eigenvalue weighted by molar-refractivity contribution is 5.80. The molecule has 0 saturated carbocycles. The number of carbonyl (C=O) groups excluding carboxylic acids is 1. The number of carbonyl (C=O) groups is 1. The molecule has 0 aromatic heterocycles. The fourth-order valence-corrected chi connectivity index (χ4v) is 1.64. The molecule has 1 aromatic rings. The van der Waals surface area contributed by atoms with E-state index in [4.69, 9.17) is 0 Å². The molecule has 6 nitrogen and oxygen atoms in total. The van der Waals surface area contributed by atoms with Crippen molar-refractivity contribution in [3.05, 3.63) is 33.9 Å². The Morgan fingerprint density at radius 3 is 2.28 bits per heavy atom. The van der Waals surface area contributed by atoms with Crippen molar-refractivity contribution in [1.29, 1.82) is 0 Å². The Morgan fingerprint density at radius 2 is 1.89 bits per heavy atom. The SMILES string of the molecule is C1CC[NH2+]CC1.O=Cc1cc([N+](=O)[O-])ccc1[O-]. The van der Waals surface area contributed by atoms with Gasteiger partial charge in [-0.3, -0.25) is 14.9 Å². The van der Waals surface area contributed by atoms with Gasteiger partial charge in [0.1, 0.15) is 6.29 Å². The molecule has 1 aliphatic heterocycles. The molecular formula is C12H16N2O4. The summed E-state index contributed by atoms with van der Waals surface area (Å²) in [6.07, 6.45) is 4.66. The maximum atomic E-state index is 10.8. The van der Waals surface area contributed by atoms with Gasteiger partial charge in [0, 0.05) is 17.7 Å². The monoisotopic (exact) mass is 252 g/mol. The van der Waals surface area contributed by atoms with E-state index < -0.39 is 10.7 Å². The number of piperidine rings is 1. The lowest BCUT2D eigenvalue weighted by molar-refractivity contribution is -0.662. The molecule has 1 aromatic carbocycles. The minimum atomic E-state index is -0.660. The minimum Gasteiger partial charge on any atom is -0.872 e. The molecule has 2 rings (SSSR count). The van der Waals surface area contributed by atoms with E-state index in [0.717, 1.165) is 18.2 Å². The van der Waals surface area contributed by atoms with Crippen LogP contribution in [0.1, 0.15) is 29.6 Å². The van der Waals surface area contributed by atoms with Crippen LogP contribution in [0.3, 0.4) is 0 Å². The van der Waals surface area contributed by atoms with Gasteiger partial charge in [0.05, 0.1) is 18.0 Å². The fourth-order valence-electron chi connectivity index (χ4n) is 1.64. The molecule has 98 valence electrons. The van der Waals surface area contributed by atoms with E-state index in [2.05, 4.69) is 5.32 Å². The first-order valence-electron chi connectivity index (χ1n) is 5.87. The largest absolute Gasteiger partial charge is 0.872 e. The molecule has 18 heavy (non-hydrogen) atoms. The van der Waals surface area contributed by atoms with Crippen LogP contribution in [0, 0.1) is 10.1 Å². The van der Waals surface area contributed by atoms with Gasteiger partial charge in [0.25, 0.3) is 5.69 Å². The number of quaternary nitrogens is 1. The number of nitro groups is 1. The van der Waals surface area contributed by atoms with E-state index in [1.807, 2.05) is 0 Å². The summed E-state index contributed by atoms with van der Waals surface area (Å²) in [6, 6.07) is 3.02. The predicted octanol–water partition coefficient (Wildman–Crippen LogP) is 0.215. The van der Waals surface area contributed by atoms with Crippen molar-refractivity contribution in [2.75, 3.05) is 13.1 Å². The Bertz CT molecular complexity index is 405. The van der Waals surface area contributed by atoms with Gasteiger partial charge in [-0.25, -0.2) is 0 Å². The third-order valence-electron chi connectivity index (χ3n) is 2.65. The van der Waals surface area contributed by atoms with Gasteiger partial charge in [-0.2, -0.15) is 0 Å². The number of nitrogens with zero attached hydrogens (tertiary/aromatic N) is 1. The predicted molar refractivity (Wildman–Crippen MR) is 63.4 cm³/mol. The molecule has 1 saturated heterocycles. The lowest BCUT2D eigenvalue weighted by atomic mass is 10.2. The van der Waals surface area contributed by atoms with Crippen LogP contribution in [-0.2, 0) is 0 Å². The molecule has 0 aliphatic carbocycles. The van der Waals surface area contributed by atoms with Crippen molar-refractivity contribution >= 4 is 12.0 Å². The molecule has 1 heterocycles. The van der Waals surface area contributed by atoms with Crippen LogP contribution in [0.5, 0.6) is 5.75 Å². The average Bonchev–Trinajstić information content (AvgIpc) is 2.41. The summed E-state index contributed by atoms with van der Waals surface area (Å²) in [5.41, 5.74) is -0.444. The molecule has 2 N–H and O–H groups in total. The summed E-state index contributed by atoms with van der Waals surface area (Å²) in [4.78, 5) is 19.7. The first-order valence-corrected chi connectivity index (χ1v) is 5.87. The van der Waals surface area contributed by atoms with Crippen molar-refractivity contribution in [2.45, 2.75) is 19.3 Å². The Balaban J connectivity index is 0.000000225. The van der Waals surface area contributed by atoms with Crippen molar-refractivity contribution in [2.24, 2.45) is 0 Å². The van der Waals surface area contributed by atoms with E-state index in [-0.39, 0.29) is 11.3 Å². The topological polar surface area (TPSA) is 99.9 Å². The lowest BCUT2D eigenvalue weighted by Gasteiger charge is -2.06. The normalized spacial score (nSPS) is 14.2. The van der Waals surface area contributed by atoms with Crippen LogP contribution in [0.4, 0.5) is 5.69 Å². The highest BCUT2D eigenvalue weighted by atomic mass is 16.6. The van der Waals surface area contributed by atoms with Crippen LogP contribution < -0.4 is 10.4 Å². The van der Waals surface area contributed by atoms with Gasteiger partial charge in [-0.1, -0.05) is 11.8 Å². The number of hydrogen-bond acceptors (Lipinski definition) is 4. The summed E-state index contributed by atoms with van der Waals surface area (Å²) in [6.45, 7) is 2.75. The zero-order valence-corrected chi connectivity index (χ0v) is 10.0.